The van der Waals surface area contributed by atoms with E-state index in [4.69, 9.17) is 14.2 Å². The molecular formula is C20H22O5. The first-order chi connectivity index (χ1) is 12.2. The molecule has 0 fully saturated rings. The van der Waals surface area contributed by atoms with Crippen molar-refractivity contribution >= 4 is 11.9 Å². The summed E-state index contributed by atoms with van der Waals surface area (Å²) in [6, 6.07) is 16.2. The molecule has 0 aliphatic heterocycles. The first-order valence-electron chi connectivity index (χ1n) is 8.29. The molecular weight excluding hydrogens is 320 g/mol. The summed E-state index contributed by atoms with van der Waals surface area (Å²) in [4.78, 5) is 23.1. The summed E-state index contributed by atoms with van der Waals surface area (Å²) in [5.41, 5.74) is 0.255. The topological polar surface area (TPSA) is 61.8 Å². The van der Waals surface area contributed by atoms with Crippen LogP contribution in [0.4, 0.5) is 0 Å². The molecule has 0 aliphatic rings. The lowest BCUT2D eigenvalue weighted by Crippen LogP contribution is -2.11. The van der Waals surface area contributed by atoms with Crippen molar-refractivity contribution in [1.29, 1.82) is 0 Å². The molecule has 0 N–H and O–H groups in total. The van der Waals surface area contributed by atoms with Crippen LogP contribution in [0.5, 0.6) is 11.5 Å². The Hall–Kier alpha value is -2.82. The van der Waals surface area contributed by atoms with Crippen molar-refractivity contribution in [2.45, 2.75) is 26.2 Å². The van der Waals surface area contributed by atoms with Crippen LogP contribution < -0.4 is 9.47 Å². The second-order valence-electron chi connectivity index (χ2n) is 5.45. The largest absolute Gasteiger partial charge is 0.494 e. The van der Waals surface area contributed by atoms with Crippen LogP contribution in [0.1, 0.15) is 36.5 Å². The molecule has 2 aromatic carbocycles. The van der Waals surface area contributed by atoms with Crippen molar-refractivity contribution in [3.05, 3.63) is 60.2 Å². The highest BCUT2D eigenvalue weighted by atomic mass is 16.5. The van der Waals surface area contributed by atoms with E-state index in [0.29, 0.717) is 13.2 Å². The van der Waals surface area contributed by atoms with Crippen molar-refractivity contribution < 1.29 is 23.8 Å². The Morgan fingerprint density at radius 1 is 0.840 bits per heavy atom. The number of esters is 2. The molecule has 5 nitrogen and oxygen atoms in total. The van der Waals surface area contributed by atoms with Gasteiger partial charge in [-0.1, -0.05) is 30.3 Å². The molecule has 0 aromatic heterocycles. The van der Waals surface area contributed by atoms with Crippen molar-refractivity contribution in [3.63, 3.8) is 0 Å². The van der Waals surface area contributed by atoms with Gasteiger partial charge in [0.05, 0.1) is 13.2 Å². The van der Waals surface area contributed by atoms with Crippen LogP contribution >= 0.6 is 0 Å². The monoisotopic (exact) mass is 342 g/mol. The van der Waals surface area contributed by atoms with Gasteiger partial charge in [0.2, 0.25) is 0 Å². The predicted molar refractivity (Wildman–Crippen MR) is 93.8 cm³/mol. The number of hydrogen-bond donors (Lipinski definition) is 0. The zero-order valence-electron chi connectivity index (χ0n) is 14.3. The van der Waals surface area contributed by atoms with E-state index >= 15 is 0 Å². The molecule has 0 unspecified atom stereocenters. The van der Waals surface area contributed by atoms with Gasteiger partial charge in [0.15, 0.2) is 0 Å². The summed E-state index contributed by atoms with van der Waals surface area (Å²) < 4.78 is 15.9. The zero-order chi connectivity index (χ0) is 17.9. The van der Waals surface area contributed by atoms with Crippen molar-refractivity contribution in [2.24, 2.45) is 0 Å². The van der Waals surface area contributed by atoms with E-state index in [1.165, 1.54) is 6.92 Å². The van der Waals surface area contributed by atoms with Crippen molar-refractivity contribution in [3.8, 4) is 11.5 Å². The molecule has 0 saturated heterocycles. The third kappa shape index (κ3) is 6.67. The van der Waals surface area contributed by atoms with Gasteiger partial charge >= 0.3 is 11.9 Å². The minimum atomic E-state index is -0.489. The van der Waals surface area contributed by atoms with Gasteiger partial charge in [-0.25, -0.2) is 4.79 Å². The summed E-state index contributed by atoms with van der Waals surface area (Å²) in [7, 11) is 0. The van der Waals surface area contributed by atoms with E-state index in [0.717, 1.165) is 25.0 Å². The number of para-hydroxylation sites is 2. The van der Waals surface area contributed by atoms with Crippen LogP contribution in [0.15, 0.2) is 54.6 Å². The number of hydrogen-bond acceptors (Lipinski definition) is 5. The van der Waals surface area contributed by atoms with Gasteiger partial charge in [-0.15, -0.1) is 0 Å². The van der Waals surface area contributed by atoms with Crippen LogP contribution in [0.25, 0.3) is 0 Å². The Balaban J connectivity index is 1.65. The van der Waals surface area contributed by atoms with E-state index in [1.807, 2.05) is 30.3 Å². The van der Waals surface area contributed by atoms with E-state index in [9.17, 15) is 9.59 Å². The van der Waals surface area contributed by atoms with Gasteiger partial charge in [0, 0.05) is 6.92 Å². The Bertz CT molecular complexity index is 681. The molecule has 2 aromatic rings. The lowest BCUT2D eigenvalue weighted by Gasteiger charge is -2.09. The van der Waals surface area contributed by atoms with E-state index in [-0.39, 0.29) is 11.3 Å². The van der Waals surface area contributed by atoms with E-state index in [1.54, 1.807) is 24.3 Å². The second kappa shape index (κ2) is 10.1. The minimum absolute atomic E-state index is 0.219. The molecule has 5 heteroatoms. The smallest absolute Gasteiger partial charge is 0.341 e. The number of benzene rings is 2. The highest BCUT2D eigenvalue weighted by Gasteiger charge is 2.14. The Labute approximate surface area is 147 Å². The molecule has 25 heavy (non-hydrogen) atoms. The third-order valence-corrected chi connectivity index (χ3v) is 3.39. The summed E-state index contributed by atoms with van der Waals surface area (Å²) >= 11 is 0. The van der Waals surface area contributed by atoms with E-state index in [2.05, 4.69) is 0 Å². The molecule has 0 radical (unpaired) electrons. The lowest BCUT2D eigenvalue weighted by atomic mass is 10.2. The van der Waals surface area contributed by atoms with Crippen molar-refractivity contribution in [2.75, 3.05) is 13.2 Å². The maximum Gasteiger partial charge on any atom is 0.341 e. The normalized spacial score (nSPS) is 10.1. The highest BCUT2D eigenvalue weighted by molar-refractivity contribution is 5.93. The Kier molecular flexibility index (Phi) is 7.50. The third-order valence-electron chi connectivity index (χ3n) is 3.39. The van der Waals surface area contributed by atoms with Crippen LogP contribution in [-0.2, 0) is 9.53 Å². The minimum Gasteiger partial charge on any atom is -0.494 e. The molecule has 0 saturated carbocycles. The number of carbonyl (C=O) groups excluding carboxylic acids is 2. The summed E-state index contributed by atoms with van der Waals surface area (Å²) in [5, 5.41) is 0. The molecule has 0 spiro atoms. The van der Waals surface area contributed by atoms with Crippen LogP contribution in [0.3, 0.4) is 0 Å². The number of rotatable bonds is 9. The van der Waals surface area contributed by atoms with Gasteiger partial charge in [0.1, 0.15) is 17.1 Å². The second-order valence-corrected chi connectivity index (χ2v) is 5.45. The molecule has 132 valence electrons. The molecule has 2 rings (SSSR count). The fraction of sp³-hybridized carbons (Fsp3) is 0.300. The zero-order valence-corrected chi connectivity index (χ0v) is 14.3. The quantitative estimate of drug-likeness (QED) is 0.391. The summed E-state index contributed by atoms with van der Waals surface area (Å²) in [6.07, 6.45) is 2.53. The molecule has 0 bridgehead atoms. The first kappa shape index (κ1) is 18.5. The Morgan fingerprint density at radius 2 is 1.52 bits per heavy atom. The molecule has 0 aliphatic carbocycles. The lowest BCUT2D eigenvalue weighted by molar-refractivity contribution is -0.131. The summed E-state index contributed by atoms with van der Waals surface area (Å²) in [6.45, 7) is 2.24. The SMILES string of the molecule is CC(=O)Oc1ccccc1C(=O)OCCCCCOc1ccccc1. The van der Waals surface area contributed by atoms with Crippen LogP contribution in [0.2, 0.25) is 0 Å². The summed E-state index contributed by atoms with van der Waals surface area (Å²) in [5.74, 6) is 0.114. The van der Waals surface area contributed by atoms with Gasteiger partial charge in [-0.3, -0.25) is 4.79 Å². The highest BCUT2D eigenvalue weighted by Crippen LogP contribution is 2.19. The molecule has 0 atom stereocenters. The average Bonchev–Trinajstić information content (AvgIpc) is 2.61. The fourth-order valence-electron chi connectivity index (χ4n) is 2.21. The molecule has 0 amide bonds. The first-order valence-corrected chi connectivity index (χ1v) is 8.29. The van der Waals surface area contributed by atoms with Gasteiger partial charge in [-0.2, -0.15) is 0 Å². The molecule has 0 heterocycles. The maximum absolute atomic E-state index is 12.1. The average molecular weight is 342 g/mol. The van der Waals surface area contributed by atoms with Crippen LogP contribution in [-0.4, -0.2) is 25.2 Å². The predicted octanol–water partition coefficient (Wildman–Crippen LogP) is 4.02. The number of ether oxygens (including phenoxy) is 3. The fourth-order valence-corrected chi connectivity index (χ4v) is 2.21. The maximum atomic E-state index is 12.1. The van der Waals surface area contributed by atoms with Crippen LogP contribution in [0, 0.1) is 0 Å². The Morgan fingerprint density at radius 3 is 2.28 bits per heavy atom. The van der Waals surface area contributed by atoms with Gasteiger partial charge in [0.25, 0.3) is 0 Å². The standard InChI is InChI=1S/C20H22O5/c1-16(21)25-19-13-7-6-12-18(19)20(22)24-15-9-3-8-14-23-17-10-4-2-5-11-17/h2,4-7,10-13H,3,8-9,14-15H2,1H3. The van der Waals surface area contributed by atoms with Gasteiger partial charge < -0.3 is 14.2 Å². The number of carbonyl (C=O) groups is 2. The number of unbranched alkanes of at least 4 members (excludes halogenated alkanes) is 2. The van der Waals surface area contributed by atoms with Gasteiger partial charge in [-0.05, 0) is 43.5 Å². The van der Waals surface area contributed by atoms with E-state index < -0.39 is 11.9 Å². The van der Waals surface area contributed by atoms with Crippen molar-refractivity contribution in [1.82, 2.24) is 0 Å².